The van der Waals surface area contributed by atoms with Crippen LogP contribution in [0.1, 0.15) is 23.6 Å². The molecule has 0 atom stereocenters. The quantitative estimate of drug-likeness (QED) is 0.843. The van der Waals surface area contributed by atoms with Gasteiger partial charge in [0.05, 0.1) is 0 Å². The Balaban J connectivity index is 2.01. The Hall–Kier alpha value is -1.70. The first-order valence-corrected chi connectivity index (χ1v) is 6.14. The Morgan fingerprint density at radius 2 is 1.82 bits per heavy atom. The molecular formula is C15H20N2. The summed E-state index contributed by atoms with van der Waals surface area (Å²) in [5, 5.41) is 3.47. The Bertz CT molecular complexity index is 477. The molecule has 0 aliphatic heterocycles. The molecule has 0 aliphatic carbocycles. The number of aryl methyl sites for hydroxylation is 3. The van der Waals surface area contributed by atoms with E-state index in [0.29, 0.717) is 0 Å². The predicted molar refractivity (Wildman–Crippen MR) is 73.3 cm³/mol. The Kier molecular flexibility index (Phi) is 3.52. The zero-order valence-corrected chi connectivity index (χ0v) is 10.8. The van der Waals surface area contributed by atoms with Gasteiger partial charge in [0.15, 0.2) is 0 Å². The average Bonchev–Trinajstić information content (AvgIpc) is 2.73. The van der Waals surface area contributed by atoms with Gasteiger partial charge in [-0.15, -0.1) is 0 Å². The molecule has 2 rings (SSSR count). The molecule has 2 nitrogen and oxygen atoms in total. The van der Waals surface area contributed by atoms with E-state index in [-0.39, 0.29) is 0 Å². The third-order valence-electron chi connectivity index (χ3n) is 2.90. The van der Waals surface area contributed by atoms with Crippen LogP contribution >= 0.6 is 0 Å². The molecule has 0 bridgehead atoms. The van der Waals surface area contributed by atoms with E-state index in [4.69, 9.17) is 0 Å². The van der Waals surface area contributed by atoms with E-state index >= 15 is 0 Å². The van der Waals surface area contributed by atoms with Gasteiger partial charge in [0.1, 0.15) is 0 Å². The topological polar surface area (TPSA) is 17.0 Å². The summed E-state index contributed by atoms with van der Waals surface area (Å²) < 4.78 is 2.19. The Labute approximate surface area is 103 Å². The molecule has 0 saturated carbocycles. The molecule has 2 heteroatoms. The SMILES string of the molecule is CCn1ccc(CNc2cc(C)cc(C)c2)c1. The summed E-state index contributed by atoms with van der Waals surface area (Å²) in [6.07, 6.45) is 4.31. The molecule has 0 aliphatic rings. The summed E-state index contributed by atoms with van der Waals surface area (Å²) in [5.41, 5.74) is 5.13. The third-order valence-corrected chi connectivity index (χ3v) is 2.90. The van der Waals surface area contributed by atoms with Crippen LogP contribution in [0.15, 0.2) is 36.7 Å². The lowest BCUT2D eigenvalue weighted by Crippen LogP contribution is -1.99. The summed E-state index contributed by atoms with van der Waals surface area (Å²) >= 11 is 0. The minimum atomic E-state index is 0.885. The molecule has 1 N–H and O–H groups in total. The third kappa shape index (κ3) is 3.13. The number of nitrogens with zero attached hydrogens (tertiary/aromatic N) is 1. The fourth-order valence-electron chi connectivity index (χ4n) is 2.07. The van der Waals surface area contributed by atoms with Gasteiger partial charge in [0.25, 0.3) is 0 Å². The number of rotatable bonds is 4. The van der Waals surface area contributed by atoms with Crippen LogP contribution in [0.4, 0.5) is 5.69 Å². The molecule has 0 radical (unpaired) electrons. The molecule has 0 fully saturated rings. The second-order valence-corrected chi connectivity index (χ2v) is 4.58. The van der Waals surface area contributed by atoms with Crippen molar-refractivity contribution >= 4 is 5.69 Å². The lowest BCUT2D eigenvalue weighted by atomic mass is 10.1. The van der Waals surface area contributed by atoms with Gasteiger partial charge in [-0.05, 0) is 55.7 Å². The molecule has 1 aromatic carbocycles. The Morgan fingerprint density at radius 3 is 2.41 bits per heavy atom. The largest absolute Gasteiger partial charge is 0.381 e. The van der Waals surface area contributed by atoms with Crippen LogP contribution in [-0.2, 0) is 13.1 Å². The highest BCUT2D eigenvalue weighted by Crippen LogP contribution is 2.15. The van der Waals surface area contributed by atoms with Gasteiger partial charge in [-0.2, -0.15) is 0 Å². The number of nitrogens with one attached hydrogen (secondary N) is 1. The predicted octanol–water partition coefficient (Wildman–Crippen LogP) is 3.74. The number of aromatic nitrogens is 1. The van der Waals surface area contributed by atoms with Crippen LogP contribution < -0.4 is 5.32 Å². The van der Waals surface area contributed by atoms with Crippen molar-refractivity contribution in [2.75, 3.05) is 5.32 Å². The maximum atomic E-state index is 3.47. The second-order valence-electron chi connectivity index (χ2n) is 4.58. The zero-order chi connectivity index (χ0) is 12.3. The van der Waals surface area contributed by atoms with Gasteiger partial charge in [0, 0.05) is 31.2 Å². The van der Waals surface area contributed by atoms with E-state index in [9.17, 15) is 0 Å². The Morgan fingerprint density at radius 1 is 1.12 bits per heavy atom. The van der Waals surface area contributed by atoms with Crippen molar-refractivity contribution in [3.05, 3.63) is 53.3 Å². The lowest BCUT2D eigenvalue weighted by Gasteiger charge is -2.07. The van der Waals surface area contributed by atoms with Gasteiger partial charge in [-0.25, -0.2) is 0 Å². The van der Waals surface area contributed by atoms with Gasteiger partial charge >= 0.3 is 0 Å². The van der Waals surface area contributed by atoms with E-state index < -0.39 is 0 Å². The van der Waals surface area contributed by atoms with E-state index in [1.165, 1.54) is 22.4 Å². The molecule has 0 unspecified atom stereocenters. The van der Waals surface area contributed by atoms with Gasteiger partial charge < -0.3 is 9.88 Å². The highest BCUT2D eigenvalue weighted by Gasteiger charge is 1.98. The molecule has 1 aromatic heterocycles. The van der Waals surface area contributed by atoms with Gasteiger partial charge in [-0.1, -0.05) is 6.07 Å². The molecule has 0 saturated heterocycles. The number of benzene rings is 1. The molecule has 17 heavy (non-hydrogen) atoms. The number of anilines is 1. The first-order chi connectivity index (χ1) is 8.17. The van der Waals surface area contributed by atoms with E-state index in [1.54, 1.807) is 0 Å². The molecule has 0 amide bonds. The van der Waals surface area contributed by atoms with Crippen LogP contribution in [0.5, 0.6) is 0 Å². The van der Waals surface area contributed by atoms with Crippen molar-refractivity contribution in [2.45, 2.75) is 33.9 Å². The molecule has 90 valence electrons. The van der Waals surface area contributed by atoms with Crippen molar-refractivity contribution in [3.8, 4) is 0 Å². The standard InChI is InChI=1S/C15H20N2/c1-4-17-6-5-14(11-17)10-16-15-8-12(2)7-13(3)9-15/h5-9,11,16H,4,10H2,1-3H3. The van der Waals surface area contributed by atoms with Crippen LogP contribution in [-0.4, -0.2) is 4.57 Å². The van der Waals surface area contributed by atoms with E-state index in [1.807, 2.05) is 0 Å². The highest BCUT2D eigenvalue weighted by atomic mass is 14.9. The molecule has 2 aromatic rings. The fourth-order valence-corrected chi connectivity index (χ4v) is 2.07. The summed E-state index contributed by atoms with van der Waals surface area (Å²) in [7, 11) is 0. The van der Waals surface area contributed by atoms with Crippen molar-refractivity contribution in [3.63, 3.8) is 0 Å². The minimum Gasteiger partial charge on any atom is -0.381 e. The maximum absolute atomic E-state index is 3.47. The van der Waals surface area contributed by atoms with Crippen molar-refractivity contribution in [1.29, 1.82) is 0 Å². The van der Waals surface area contributed by atoms with Gasteiger partial charge in [-0.3, -0.25) is 0 Å². The van der Waals surface area contributed by atoms with Crippen molar-refractivity contribution in [2.24, 2.45) is 0 Å². The normalized spacial score (nSPS) is 10.5. The summed E-state index contributed by atoms with van der Waals surface area (Å²) in [5.74, 6) is 0. The first-order valence-electron chi connectivity index (χ1n) is 6.14. The minimum absolute atomic E-state index is 0.885. The first kappa shape index (κ1) is 11.8. The van der Waals surface area contributed by atoms with Crippen LogP contribution in [0.3, 0.4) is 0 Å². The zero-order valence-electron chi connectivity index (χ0n) is 10.8. The number of hydrogen-bond donors (Lipinski definition) is 1. The second kappa shape index (κ2) is 5.09. The molecule has 0 spiro atoms. The van der Waals surface area contributed by atoms with Crippen molar-refractivity contribution < 1.29 is 0 Å². The van der Waals surface area contributed by atoms with Gasteiger partial charge in [0.2, 0.25) is 0 Å². The summed E-state index contributed by atoms with van der Waals surface area (Å²) in [6, 6.07) is 8.73. The number of hydrogen-bond acceptors (Lipinski definition) is 1. The van der Waals surface area contributed by atoms with E-state index in [0.717, 1.165) is 13.1 Å². The van der Waals surface area contributed by atoms with Crippen LogP contribution in [0, 0.1) is 13.8 Å². The summed E-state index contributed by atoms with van der Waals surface area (Å²) in [6.45, 7) is 8.33. The summed E-state index contributed by atoms with van der Waals surface area (Å²) in [4.78, 5) is 0. The monoisotopic (exact) mass is 228 g/mol. The maximum Gasteiger partial charge on any atom is 0.0415 e. The smallest absolute Gasteiger partial charge is 0.0415 e. The van der Waals surface area contributed by atoms with Crippen molar-refractivity contribution in [1.82, 2.24) is 4.57 Å². The highest BCUT2D eigenvalue weighted by molar-refractivity contribution is 5.48. The van der Waals surface area contributed by atoms with E-state index in [2.05, 4.69) is 67.3 Å². The van der Waals surface area contributed by atoms with Crippen LogP contribution in [0.25, 0.3) is 0 Å². The average molecular weight is 228 g/mol. The fraction of sp³-hybridized carbons (Fsp3) is 0.333. The van der Waals surface area contributed by atoms with Crippen LogP contribution in [0.2, 0.25) is 0 Å². The molecule has 1 heterocycles. The molecular weight excluding hydrogens is 208 g/mol. The lowest BCUT2D eigenvalue weighted by molar-refractivity contribution is 0.766.